The molecule has 0 radical (unpaired) electrons. The van der Waals surface area contributed by atoms with Gasteiger partial charge in [-0.25, -0.2) is 9.97 Å². The summed E-state index contributed by atoms with van der Waals surface area (Å²) in [5.41, 5.74) is -5.22. The lowest BCUT2D eigenvalue weighted by Crippen LogP contribution is -2.19. The molecule has 28 heavy (non-hydrogen) atoms. The SMILES string of the molecule is Cc1nc(C(F)(F)F)ncc1C(=O)Nc1cc(C(F)(F)F)cc(C(F)(F)F)c1. The number of amides is 1. The molecule has 2 aromatic rings. The van der Waals surface area contributed by atoms with Crippen LogP contribution in [0.15, 0.2) is 24.4 Å². The molecule has 0 aliphatic rings. The first kappa shape index (κ1) is 21.4. The monoisotopic (exact) mass is 417 g/mol. The Balaban J connectivity index is 2.41. The number of halogens is 9. The number of aryl methyl sites for hydroxylation is 1. The van der Waals surface area contributed by atoms with Gasteiger partial charge in [0.15, 0.2) is 0 Å². The number of rotatable bonds is 2. The Kier molecular flexibility index (Phi) is 5.32. The van der Waals surface area contributed by atoms with Crippen molar-refractivity contribution in [1.29, 1.82) is 0 Å². The lowest BCUT2D eigenvalue weighted by atomic mass is 10.1. The third-order valence-corrected chi connectivity index (χ3v) is 3.32. The van der Waals surface area contributed by atoms with Crippen LogP contribution in [-0.2, 0) is 18.5 Å². The van der Waals surface area contributed by atoms with Crippen molar-refractivity contribution in [2.24, 2.45) is 0 Å². The van der Waals surface area contributed by atoms with Crippen LogP contribution in [-0.4, -0.2) is 15.9 Å². The van der Waals surface area contributed by atoms with Gasteiger partial charge in [0.25, 0.3) is 5.91 Å². The first-order chi connectivity index (χ1) is 12.6. The van der Waals surface area contributed by atoms with Crippen LogP contribution in [0.3, 0.4) is 0 Å². The minimum atomic E-state index is -5.13. The summed E-state index contributed by atoms with van der Waals surface area (Å²) in [7, 11) is 0. The molecule has 1 heterocycles. The van der Waals surface area contributed by atoms with Crippen molar-refractivity contribution < 1.29 is 44.3 Å². The van der Waals surface area contributed by atoms with E-state index in [2.05, 4.69) is 9.97 Å². The molecule has 2 rings (SSSR count). The van der Waals surface area contributed by atoms with Gasteiger partial charge in [-0.2, -0.15) is 39.5 Å². The van der Waals surface area contributed by atoms with Gasteiger partial charge in [-0.3, -0.25) is 4.79 Å². The molecule has 0 aliphatic carbocycles. The van der Waals surface area contributed by atoms with Crippen LogP contribution in [0, 0.1) is 6.92 Å². The van der Waals surface area contributed by atoms with Gasteiger partial charge in [0.2, 0.25) is 5.82 Å². The summed E-state index contributed by atoms with van der Waals surface area (Å²) >= 11 is 0. The van der Waals surface area contributed by atoms with Crippen LogP contribution >= 0.6 is 0 Å². The highest BCUT2D eigenvalue weighted by Gasteiger charge is 2.37. The molecule has 0 fully saturated rings. The van der Waals surface area contributed by atoms with Gasteiger partial charge in [-0.1, -0.05) is 0 Å². The van der Waals surface area contributed by atoms with Gasteiger partial charge < -0.3 is 5.32 Å². The van der Waals surface area contributed by atoms with Gasteiger partial charge in [0.05, 0.1) is 22.4 Å². The molecule has 152 valence electrons. The number of hydrogen-bond donors (Lipinski definition) is 1. The summed E-state index contributed by atoms with van der Waals surface area (Å²) in [6.45, 7) is 0.999. The summed E-state index contributed by atoms with van der Waals surface area (Å²) in [4.78, 5) is 18.1. The second-order valence-electron chi connectivity index (χ2n) is 5.44. The predicted molar refractivity (Wildman–Crippen MR) is 76.2 cm³/mol. The zero-order valence-electron chi connectivity index (χ0n) is 13.5. The van der Waals surface area contributed by atoms with E-state index in [9.17, 15) is 44.3 Å². The lowest BCUT2D eigenvalue weighted by molar-refractivity contribution is -0.145. The van der Waals surface area contributed by atoms with Crippen molar-refractivity contribution in [3.63, 3.8) is 0 Å². The number of carbonyl (C=O) groups is 1. The number of carbonyl (C=O) groups excluding carboxylic acids is 1. The van der Waals surface area contributed by atoms with Crippen molar-refractivity contribution in [1.82, 2.24) is 9.97 Å². The smallest absolute Gasteiger partial charge is 0.322 e. The van der Waals surface area contributed by atoms with Crippen LogP contribution in [0.2, 0.25) is 0 Å². The Morgan fingerprint density at radius 1 is 0.857 bits per heavy atom. The number of hydrogen-bond acceptors (Lipinski definition) is 3. The molecule has 0 unspecified atom stereocenters. The third-order valence-electron chi connectivity index (χ3n) is 3.32. The Bertz CT molecular complexity index is 869. The molecular weight excluding hydrogens is 409 g/mol. The Hall–Kier alpha value is -2.86. The summed E-state index contributed by atoms with van der Waals surface area (Å²) in [5, 5.41) is 1.78. The molecule has 13 heteroatoms. The first-order valence-corrected chi connectivity index (χ1v) is 7.10. The normalized spacial score (nSPS) is 12.8. The third kappa shape index (κ3) is 4.89. The van der Waals surface area contributed by atoms with Crippen LogP contribution in [0.4, 0.5) is 45.2 Å². The number of benzene rings is 1. The number of nitrogens with zero attached hydrogens (tertiary/aromatic N) is 2. The fourth-order valence-electron chi connectivity index (χ4n) is 2.05. The van der Waals surface area contributed by atoms with E-state index >= 15 is 0 Å². The van der Waals surface area contributed by atoms with Gasteiger partial charge in [-0.15, -0.1) is 0 Å². The van der Waals surface area contributed by atoms with Crippen LogP contribution in [0.25, 0.3) is 0 Å². The highest BCUT2D eigenvalue weighted by atomic mass is 19.4. The topological polar surface area (TPSA) is 54.9 Å². The molecule has 1 N–H and O–H groups in total. The standard InChI is InChI=1S/C15H8F9N3O/c1-6-10(5-25-12(26-6)15(22,23)24)11(28)27-9-3-7(13(16,17)18)2-8(4-9)14(19,20)21/h2-5H,1H3,(H,27,28). The van der Waals surface area contributed by atoms with E-state index in [4.69, 9.17) is 0 Å². The fraction of sp³-hybridized carbons (Fsp3) is 0.267. The van der Waals surface area contributed by atoms with E-state index in [1.165, 1.54) is 0 Å². The average molecular weight is 417 g/mol. The second kappa shape index (κ2) is 6.95. The summed E-state index contributed by atoms with van der Waals surface area (Å²) in [6, 6.07) is 0.378. The molecule has 4 nitrogen and oxygen atoms in total. The van der Waals surface area contributed by atoms with Crippen molar-refractivity contribution >= 4 is 11.6 Å². The van der Waals surface area contributed by atoms with Gasteiger partial charge >= 0.3 is 18.5 Å². The number of nitrogens with one attached hydrogen (secondary N) is 1. The lowest BCUT2D eigenvalue weighted by Gasteiger charge is -2.15. The van der Waals surface area contributed by atoms with E-state index in [1.54, 1.807) is 5.32 Å². The predicted octanol–water partition coefficient (Wildman–Crippen LogP) is 5.09. The van der Waals surface area contributed by atoms with E-state index in [-0.39, 0.29) is 18.2 Å². The quantitative estimate of drug-likeness (QED) is 0.693. The molecule has 0 aliphatic heterocycles. The Labute approximate surface area is 150 Å². The zero-order chi connectivity index (χ0) is 21.5. The molecule has 0 bridgehead atoms. The van der Waals surface area contributed by atoms with Crippen molar-refractivity contribution in [2.75, 3.05) is 5.32 Å². The molecule has 0 atom stereocenters. The molecule has 1 amide bonds. The Morgan fingerprint density at radius 3 is 1.75 bits per heavy atom. The highest BCUT2D eigenvalue weighted by molar-refractivity contribution is 6.04. The molecule has 0 saturated heterocycles. The van der Waals surface area contributed by atoms with Crippen molar-refractivity contribution in [3.8, 4) is 0 Å². The zero-order valence-corrected chi connectivity index (χ0v) is 13.5. The van der Waals surface area contributed by atoms with Crippen LogP contribution in [0.1, 0.15) is 33.0 Å². The van der Waals surface area contributed by atoms with Crippen molar-refractivity contribution in [3.05, 3.63) is 52.6 Å². The minimum absolute atomic E-state index is 0.137. The number of aromatic nitrogens is 2. The van der Waals surface area contributed by atoms with Gasteiger partial charge in [0.1, 0.15) is 0 Å². The van der Waals surface area contributed by atoms with Gasteiger partial charge in [0, 0.05) is 11.9 Å². The fourth-order valence-corrected chi connectivity index (χ4v) is 2.05. The molecule has 0 saturated carbocycles. The largest absolute Gasteiger partial charge is 0.451 e. The summed E-state index contributed by atoms with van der Waals surface area (Å²) in [5.74, 6) is -2.83. The maximum Gasteiger partial charge on any atom is 0.451 e. The maximum atomic E-state index is 12.8. The summed E-state index contributed by atoms with van der Waals surface area (Å²) < 4.78 is 114. The highest BCUT2D eigenvalue weighted by Crippen LogP contribution is 2.37. The number of alkyl halides is 9. The summed E-state index contributed by atoms with van der Waals surface area (Å²) in [6.07, 6.45) is -14.7. The second-order valence-corrected chi connectivity index (χ2v) is 5.44. The number of anilines is 1. The van der Waals surface area contributed by atoms with Crippen LogP contribution in [0.5, 0.6) is 0 Å². The Morgan fingerprint density at radius 2 is 1.36 bits per heavy atom. The van der Waals surface area contributed by atoms with E-state index in [0.29, 0.717) is 6.20 Å². The minimum Gasteiger partial charge on any atom is -0.322 e. The molecular formula is C15H8F9N3O. The van der Waals surface area contributed by atoms with Crippen LogP contribution < -0.4 is 5.32 Å². The van der Waals surface area contributed by atoms with Crippen molar-refractivity contribution in [2.45, 2.75) is 25.5 Å². The van der Waals surface area contributed by atoms with Gasteiger partial charge in [-0.05, 0) is 25.1 Å². The maximum absolute atomic E-state index is 12.8. The molecule has 0 spiro atoms. The molecule has 1 aromatic carbocycles. The average Bonchev–Trinajstić information content (AvgIpc) is 2.51. The molecule has 1 aromatic heterocycles. The van der Waals surface area contributed by atoms with E-state index in [1.807, 2.05) is 0 Å². The van der Waals surface area contributed by atoms with E-state index in [0.717, 1.165) is 6.92 Å². The van der Waals surface area contributed by atoms with E-state index < -0.39 is 58.3 Å². The first-order valence-electron chi connectivity index (χ1n) is 7.10.